The van der Waals surface area contributed by atoms with Gasteiger partial charge in [0, 0.05) is 17.8 Å². The summed E-state index contributed by atoms with van der Waals surface area (Å²) in [6.45, 7) is 0. The summed E-state index contributed by atoms with van der Waals surface area (Å²) in [7, 11) is -2.44. The molecule has 2 aliphatic rings. The summed E-state index contributed by atoms with van der Waals surface area (Å²) in [5.74, 6) is -0.132. The molecule has 2 unspecified atom stereocenters. The average molecular weight is 430 g/mol. The predicted octanol–water partition coefficient (Wildman–Crippen LogP) is 1.33. The zero-order chi connectivity index (χ0) is 21.5. The van der Waals surface area contributed by atoms with Gasteiger partial charge in [-0.25, -0.2) is 23.3 Å². The number of rotatable bonds is 5. The van der Waals surface area contributed by atoms with Gasteiger partial charge in [-0.3, -0.25) is 10.1 Å². The van der Waals surface area contributed by atoms with E-state index in [1.165, 1.54) is 13.2 Å². The fourth-order valence-electron chi connectivity index (χ4n) is 4.46. The molecule has 2 heterocycles. The number of nitrogens with one attached hydrogen (secondary N) is 2. The van der Waals surface area contributed by atoms with E-state index in [1.54, 1.807) is 24.4 Å². The minimum Gasteiger partial charge on any atom is -0.481 e. The number of pyridine rings is 1. The zero-order valence-electron chi connectivity index (χ0n) is 16.3. The quantitative estimate of drug-likeness (QED) is 0.611. The molecule has 2 atom stereocenters. The highest BCUT2D eigenvalue weighted by Crippen LogP contribution is 2.41. The second kappa shape index (κ2) is 7.37. The van der Waals surface area contributed by atoms with Crippen LogP contribution in [0.5, 0.6) is 5.88 Å². The van der Waals surface area contributed by atoms with Gasteiger partial charge < -0.3 is 10.1 Å². The number of imide groups is 1. The molecule has 1 aromatic carbocycles. The van der Waals surface area contributed by atoms with Crippen LogP contribution in [0.25, 0.3) is 11.1 Å². The number of aromatic nitrogens is 1. The van der Waals surface area contributed by atoms with Crippen LogP contribution < -0.4 is 20.5 Å². The Bertz CT molecular complexity index is 1120. The van der Waals surface area contributed by atoms with Gasteiger partial charge in [0.15, 0.2) is 0 Å². The number of hydrogen-bond donors (Lipinski definition) is 3. The van der Waals surface area contributed by atoms with Crippen LogP contribution in [-0.2, 0) is 21.2 Å². The fourth-order valence-corrected chi connectivity index (χ4v) is 5.22. The summed E-state index contributed by atoms with van der Waals surface area (Å²) < 4.78 is 29.4. The van der Waals surface area contributed by atoms with Gasteiger partial charge in [0.25, 0.3) is 5.91 Å². The third kappa shape index (κ3) is 3.52. The number of primary sulfonamides is 1. The number of nitrogens with zero attached hydrogens (tertiary/aromatic N) is 1. The van der Waals surface area contributed by atoms with Crippen LogP contribution >= 0.6 is 0 Å². The van der Waals surface area contributed by atoms with Crippen LogP contribution in [0.1, 0.15) is 24.8 Å². The first-order valence-electron chi connectivity index (χ1n) is 9.53. The molecule has 158 valence electrons. The van der Waals surface area contributed by atoms with Gasteiger partial charge in [-0.05, 0) is 54.5 Å². The van der Waals surface area contributed by atoms with Gasteiger partial charge in [-0.1, -0.05) is 12.5 Å². The van der Waals surface area contributed by atoms with Gasteiger partial charge in [-0.15, -0.1) is 0 Å². The number of carbonyl (C=O) groups is 2. The Hall–Kier alpha value is -2.98. The van der Waals surface area contributed by atoms with Gasteiger partial charge in [0.05, 0.1) is 12.0 Å². The predicted molar refractivity (Wildman–Crippen MR) is 108 cm³/mol. The molecule has 1 aromatic heterocycles. The second-order valence-corrected chi connectivity index (χ2v) is 9.16. The molecule has 9 nitrogen and oxygen atoms in total. The maximum Gasteiger partial charge on any atom is 0.322 e. The van der Waals surface area contributed by atoms with Gasteiger partial charge in [0.1, 0.15) is 5.54 Å². The molecule has 1 spiro atoms. The van der Waals surface area contributed by atoms with Gasteiger partial charge in [0.2, 0.25) is 15.9 Å². The topological polar surface area (TPSA) is 140 Å². The lowest BCUT2D eigenvalue weighted by Crippen LogP contribution is -2.50. The summed E-state index contributed by atoms with van der Waals surface area (Å²) in [6, 6.07) is 7.91. The second-order valence-electron chi connectivity index (χ2n) is 7.63. The highest BCUT2D eigenvalue weighted by molar-refractivity contribution is 7.89. The normalized spacial score (nSPS) is 23.5. The first-order valence-corrected chi connectivity index (χ1v) is 11.1. The molecule has 1 aliphatic heterocycles. The van der Waals surface area contributed by atoms with Crippen LogP contribution in [0, 0.1) is 5.92 Å². The Labute approximate surface area is 174 Å². The maximum atomic E-state index is 12.5. The van der Waals surface area contributed by atoms with Gasteiger partial charge in [-0.2, -0.15) is 0 Å². The molecule has 1 saturated heterocycles. The van der Waals surface area contributed by atoms with E-state index in [2.05, 4.69) is 15.6 Å². The molecule has 3 amide bonds. The van der Waals surface area contributed by atoms with Crippen molar-refractivity contribution in [1.29, 1.82) is 0 Å². The third-order valence-electron chi connectivity index (χ3n) is 5.90. The lowest BCUT2D eigenvalue weighted by atomic mass is 9.82. The minimum absolute atomic E-state index is 0.0134. The average Bonchev–Trinajstić information content (AvgIpc) is 3.23. The van der Waals surface area contributed by atoms with Crippen molar-refractivity contribution in [1.82, 2.24) is 15.6 Å². The molecule has 2 aromatic rings. The first kappa shape index (κ1) is 20.3. The highest BCUT2D eigenvalue weighted by atomic mass is 32.2. The summed E-state index contributed by atoms with van der Waals surface area (Å²) in [6.07, 6.45) is 3.88. The molecule has 0 radical (unpaired) electrons. The van der Waals surface area contributed by atoms with E-state index in [9.17, 15) is 18.0 Å². The number of ether oxygens (including phenoxy) is 1. The number of urea groups is 1. The lowest BCUT2D eigenvalue weighted by molar-refractivity contribution is -0.125. The smallest absolute Gasteiger partial charge is 0.322 e. The van der Waals surface area contributed by atoms with Gasteiger partial charge >= 0.3 is 6.03 Å². The molecule has 0 bridgehead atoms. The highest BCUT2D eigenvalue weighted by Gasteiger charge is 2.54. The number of amides is 3. The summed E-state index contributed by atoms with van der Waals surface area (Å²) >= 11 is 0. The van der Waals surface area contributed by atoms with Crippen LogP contribution in [-0.4, -0.2) is 38.0 Å². The lowest BCUT2D eigenvalue weighted by Gasteiger charge is -2.28. The maximum absolute atomic E-state index is 12.5. The molecule has 2 fully saturated rings. The monoisotopic (exact) mass is 430 g/mol. The number of sulfonamides is 1. The van der Waals surface area contributed by atoms with E-state index in [0.29, 0.717) is 24.3 Å². The van der Waals surface area contributed by atoms with Crippen molar-refractivity contribution in [2.45, 2.75) is 36.1 Å². The van der Waals surface area contributed by atoms with E-state index >= 15 is 0 Å². The van der Waals surface area contributed by atoms with Crippen LogP contribution in [0.4, 0.5) is 4.79 Å². The van der Waals surface area contributed by atoms with E-state index < -0.39 is 21.6 Å². The largest absolute Gasteiger partial charge is 0.481 e. The van der Waals surface area contributed by atoms with E-state index in [0.717, 1.165) is 17.5 Å². The van der Waals surface area contributed by atoms with Crippen LogP contribution in [0.2, 0.25) is 0 Å². The molecule has 1 aliphatic carbocycles. The molecule has 10 heteroatoms. The number of benzene rings is 1. The van der Waals surface area contributed by atoms with Crippen molar-refractivity contribution in [2.24, 2.45) is 11.1 Å². The van der Waals surface area contributed by atoms with Crippen LogP contribution in [0.3, 0.4) is 0 Å². The van der Waals surface area contributed by atoms with Crippen molar-refractivity contribution >= 4 is 22.0 Å². The standard InChI is InChI=1S/C20H22N4O5S/c1-29-17-7-5-13(11-22-17)12-4-6-16(30(21,27)28)14(9-12)10-15-3-2-8-20(15)18(25)23-19(26)24-20/h4-7,9,11,15H,2-3,8,10H2,1H3,(H2,21,27,28)(H2,23,24,25,26). The van der Waals surface area contributed by atoms with Crippen molar-refractivity contribution < 1.29 is 22.7 Å². The summed E-state index contributed by atoms with van der Waals surface area (Å²) in [5.41, 5.74) is 1.04. The Morgan fingerprint density at radius 2 is 2.00 bits per heavy atom. The number of nitrogens with two attached hydrogens (primary N) is 1. The fraction of sp³-hybridized carbons (Fsp3) is 0.350. The van der Waals surface area contributed by atoms with E-state index in [1.807, 2.05) is 6.07 Å². The summed E-state index contributed by atoms with van der Waals surface area (Å²) in [5, 5.41) is 10.5. The Morgan fingerprint density at radius 3 is 2.60 bits per heavy atom. The van der Waals surface area contributed by atoms with Crippen molar-refractivity contribution in [3.8, 4) is 17.0 Å². The van der Waals surface area contributed by atoms with Crippen molar-refractivity contribution in [3.05, 3.63) is 42.1 Å². The first-order chi connectivity index (χ1) is 14.2. The van der Waals surface area contributed by atoms with Crippen molar-refractivity contribution in [2.75, 3.05) is 7.11 Å². The van der Waals surface area contributed by atoms with E-state index in [-0.39, 0.29) is 23.1 Å². The Balaban J connectivity index is 1.73. The van der Waals surface area contributed by atoms with Crippen LogP contribution in [0.15, 0.2) is 41.4 Å². The summed E-state index contributed by atoms with van der Waals surface area (Å²) in [4.78, 5) is 28.4. The SMILES string of the molecule is COc1ccc(-c2ccc(S(N)(=O)=O)c(CC3CCCC34NC(=O)NC4=O)c2)cn1. The number of hydrogen-bond acceptors (Lipinski definition) is 6. The zero-order valence-corrected chi connectivity index (χ0v) is 17.2. The van der Waals surface area contributed by atoms with Crippen molar-refractivity contribution in [3.63, 3.8) is 0 Å². The number of carbonyl (C=O) groups excluding carboxylic acids is 2. The molecular formula is C20H22N4O5S. The molecule has 1 saturated carbocycles. The Kier molecular flexibility index (Phi) is 4.99. The molecule has 30 heavy (non-hydrogen) atoms. The molecule has 4 N–H and O–H groups in total. The molecular weight excluding hydrogens is 408 g/mol. The third-order valence-corrected chi connectivity index (χ3v) is 6.91. The number of methoxy groups -OCH3 is 1. The van der Waals surface area contributed by atoms with E-state index in [4.69, 9.17) is 9.88 Å². The molecule has 4 rings (SSSR count). The Morgan fingerprint density at radius 1 is 1.23 bits per heavy atom. The minimum atomic E-state index is -3.97.